The molecule has 0 unspecified atom stereocenters. The maximum atomic E-state index is 8.85. The Kier molecular flexibility index (Phi) is 2.33. The predicted octanol–water partition coefficient (Wildman–Crippen LogP) is 1.04. The van der Waals surface area contributed by atoms with Crippen LogP contribution < -0.4 is 0 Å². The van der Waals surface area contributed by atoms with Gasteiger partial charge in [0.1, 0.15) is 11.9 Å². The molecule has 4 heteroatoms. The summed E-state index contributed by atoms with van der Waals surface area (Å²) in [5.74, 6) is 0.730. The number of fused-ring (bicyclic) bond motifs is 1. The lowest BCUT2D eigenvalue weighted by Gasteiger charge is -2.25. The topological polar surface area (TPSA) is 48.6 Å². The first-order chi connectivity index (χ1) is 6.86. The molecule has 72 valence electrons. The third kappa shape index (κ3) is 1.32. The van der Waals surface area contributed by atoms with Crippen LogP contribution in [0.1, 0.15) is 6.92 Å². The smallest absolute Gasteiger partial charge is 0.154 e. The number of nitrogens with zero attached hydrogens (tertiary/aromatic N) is 3. The van der Waals surface area contributed by atoms with Crippen LogP contribution >= 0.6 is 0 Å². The highest BCUT2D eigenvalue weighted by Crippen LogP contribution is 2.20. The fourth-order valence-electron chi connectivity index (χ4n) is 1.58. The largest absolute Gasteiger partial charge is 0.356 e. The Morgan fingerprint density at radius 1 is 1.79 bits per heavy atom. The molecule has 0 saturated heterocycles. The van der Waals surface area contributed by atoms with Crippen molar-refractivity contribution in [3.8, 4) is 6.07 Å². The summed E-state index contributed by atoms with van der Waals surface area (Å²) in [6.07, 6.45) is 5.47. The highest BCUT2D eigenvalue weighted by atomic mass is 16.5. The molecule has 0 aromatic carbocycles. The molecule has 0 bridgehead atoms. The number of rotatable bonds is 2. The maximum Gasteiger partial charge on any atom is 0.154 e. The van der Waals surface area contributed by atoms with E-state index in [9.17, 15) is 0 Å². The van der Waals surface area contributed by atoms with E-state index in [4.69, 9.17) is 10.00 Å². The summed E-state index contributed by atoms with van der Waals surface area (Å²) in [7, 11) is 0. The summed E-state index contributed by atoms with van der Waals surface area (Å²) in [5.41, 5.74) is 0.606. The van der Waals surface area contributed by atoms with Crippen LogP contribution in [0.5, 0.6) is 0 Å². The third-order valence-corrected chi connectivity index (χ3v) is 2.18. The lowest BCUT2D eigenvalue weighted by Crippen LogP contribution is -2.35. The first kappa shape index (κ1) is 8.97. The molecule has 2 aliphatic heterocycles. The Balaban J connectivity index is 2.20. The first-order valence-corrected chi connectivity index (χ1v) is 4.60. The molecule has 1 atom stereocenters. The van der Waals surface area contributed by atoms with Gasteiger partial charge in [0, 0.05) is 12.8 Å². The van der Waals surface area contributed by atoms with Gasteiger partial charge in [-0.05, 0) is 19.1 Å². The van der Waals surface area contributed by atoms with Gasteiger partial charge in [0.25, 0.3) is 0 Å². The van der Waals surface area contributed by atoms with E-state index in [0.717, 1.165) is 5.84 Å². The van der Waals surface area contributed by atoms with Crippen molar-refractivity contribution in [1.29, 1.82) is 5.26 Å². The molecule has 0 aromatic heterocycles. The Morgan fingerprint density at radius 3 is 3.36 bits per heavy atom. The Morgan fingerprint density at radius 2 is 2.64 bits per heavy atom. The predicted molar refractivity (Wildman–Crippen MR) is 52.4 cm³/mol. The summed E-state index contributed by atoms with van der Waals surface area (Å²) in [4.78, 5) is 6.19. The van der Waals surface area contributed by atoms with Crippen molar-refractivity contribution in [3.63, 3.8) is 0 Å². The van der Waals surface area contributed by atoms with Crippen LogP contribution in [0.15, 0.2) is 28.9 Å². The molecule has 2 aliphatic rings. The molecule has 14 heavy (non-hydrogen) atoms. The number of hydrogen-bond donors (Lipinski definition) is 0. The van der Waals surface area contributed by atoms with E-state index in [0.29, 0.717) is 18.7 Å². The van der Waals surface area contributed by atoms with Crippen molar-refractivity contribution >= 4 is 5.84 Å². The zero-order chi connectivity index (χ0) is 9.97. The Labute approximate surface area is 82.8 Å². The van der Waals surface area contributed by atoms with Crippen LogP contribution in [-0.2, 0) is 4.74 Å². The zero-order valence-electron chi connectivity index (χ0n) is 7.97. The lowest BCUT2D eigenvalue weighted by atomic mass is 10.2. The number of hydrogen-bond acceptors (Lipinski definition) is 4. The van der Waals surface area contributed by atoms with E-state index in [1.54, 1.807) is 6.08 Å². The fraction of sp³-hybridized carbons (Fsp3) is 0.400. The van der Waals surface area contributed by atoms with E-state index in [2.05, 4.69) is 11.1 Å². The third-order valence-electron chi connectivity index (χ3n) is 2.18. The molecule has 2 heterocycles. The van der Waals surface area contributed by atoms with E-state index < -0.39 is 0 Å². The molecular weight excluding hydrogens is 178 g/mol. The summed E-state index contributed by atoms with van der Waals surface area (Å²) < 4.78 is 5.49. The molecular formula is C10H11N3O. The van der Waals surface area contributed by atoms with Crippen molar-refractivity contribution in [3.05, 3.63) is 23.9 Å². The summed E-state index contributed by atoms with van der Waals surface area (Å²) in [6, 6.07) is 2.12. The van der Waals surface area contributed by atoms with E-state index in [1.165, 1.54) is 0 Å². The van der Waals surface area contributed by atoms with Gasteiger partial charge in [-0.3, -0.25) is 4.99 Å². The molecule has 0 spiro atoms. The van der Waals surface area contributed by atoms with Gasteiger partial charge in [0.15, 0.2) is 6.23 Å². The number of ether oxygens (including phenoxy) is 1. The van der Waals surface area contributed by atoms with Crippen LogP contribution in [0.25, 0.3) is 0 Å². The van der Waals surface area contributed by atoms with Crippen LogP contribution in [0.3, 0.4) is 0 Å². The second-order valence-electron chi connectivity index (χ2n) is 3.02. The fourth-order valence-corrected chi connectivity index (χ4v) is 1.58. The molecule has 0 aliphatic carbocycles. The molecule has 0 N–H and O–H groups in total. The minimum absolute atomic E-state index is 0.0386. The first-order valence-electron chi connectivity index (χ1n) is 4.60. The lowest BCUT2D eigenvalue weighted by molar-refractivity contribution is 0.0152. The van der Waals surface area contributed by atoms with Gasteiger partial charge in [0.05, 0.1) is 12.1 Å². The van der Waals surface area contributed by atoms with E-state index >= 15 is 0 Å². The van der Waals surface area contributed by atoms with Crippen molar-refractivity contribution in [2.24, 2.45) is 4.99 Å². The van der Waals surface area contributed by atoms with Gasteiger partial charge < -0.3 is 9.64 Å². The van der Waals surface area contributed by atoms with Gasteiger partial charge in [-0.25, -0.2) is 0 Å². The van der Waals surface area contributed by atoms with Gasteiger partial charge in [-0.2, -0.15) is 5.26 Å². The van der Waals surface area contributed by atoms with Crippen LogP contribution in [-0.4, -0.2) is 30.1 Å². The van der Waals surface area contributed by atoms with Crippen molar-refractivity contribution in [2.75, 3.05) is 13.2 Å². The normalized spacial score (nSPS) is 24.0. The Bertz CT molecular complexity index is 362. The second-order valence-corrected chi connectivity index (χ2v) is 3.02. The van der Waals surface area contributed by atoms with Crippen molar-refractivity contribution < 1.29 is 4.74 Å². The molecule has 0 aromatic rings. The minimum Gasteiger partial charge on any atom is -0.356 e. The van der Waals surface area contributed by atoms with Gasteiger partial charge in [-0.1, -0.05) is 0 Å². The van der Waals surface area contributed by atoms with Gasteiger partial charge >= 0.3 is 0 Å². The van der Waals surface area contributed by atoms with Crippen LogP contribution in [0, 0.1) is 11.3 Å². The van der Waals surface area contributed by atoms with Gasteiger partial charge in [-0.15, -0.1) is 0 Å². The quantitative estimate of drug-likeness (QED) is 0.652. The van der Waals surface area contributed by atoms with Crippen molar-refractivity contribution in [1.82, 2.24) is 4.90 Å². The van der Waals surface area contributed by atoms with Crippen molar-refractivity contribution in [2.45, 2.75) is 13.2 Å². The summed E-state index contributed by atoms with van der Waals surface area (Å²) in [6.45, 7) is 3.21. The highest BCUT2D eigenvalue weighted by Gasteiger charge is 2.29. The summed E-state index contributed by atoms with van der Waals surface area (Å²) >= 11 is 0. The maximum absolute atomic E-state index is 8.85. The number of nitriles is 1. The van der Waals surface area contributed by atoms with Crippen LogP contribution in [0.4, 0.5) is 0 Å². The Hall–Kier alpha value is -1.60. The monoisotopic (exact) mass is 189 g/mol. The SMILES string of the molecule is CCO[C@H]1CN=C2C(C#N)=CC=CN21. The molecule has 4 nitrogen and oxygen atoms in total. The molecule has 0 amide bonds. The average molecular weight is 189 g/mol. The van der Waals surface area contributed by atoms with Gasteiger partial charge in [0.2, 0.25) is 0 Å². The molecule has 0 saturated carbocycles. The second kappa shape index (κ2) is 3.64. The van der Waals surface area contributed by atoms with E-state index in [-0.39, 0.29) is 6.23 Å². The average Bonchev–Trinajstić information content (AvgIpc) is 2.62. The summed E-state index contributed by atoms with van der Waals surface area (Å²) in [5, 5.41) is 8.85. The minimum atomic E-state index is -0.0386. The number of allylic oxidation sites excluding steroid dienone is 2. The molecule has 0 fully saturated rings. The number of amidine groups is 1. The highest BCUT2D eigenvalue weighted by molar-refractivity contribution is 6.04. The molecule has 0 radical (unpaired) electrons. The standard InChI is InChI=1S/C10H11N3O/c1-2-14-9-7-12-10-8(6-11)4-3-5-13(9)10/h3-5,9H,2,7H2,1H3/t9-/m0/s1. The molecule has 2 rings (SSSR count). The van der Waals surface area contributed by atoms with Crippen LogP contribution in [0.2, 0.25) is 0 Å². The number of aliphatic imine (C=N–C) groups is 1. The van der Waals surface area contributed by atoms with E-state index in [1.807, 2.05) is 24.1 Å². The zero-order valence-corrected chi connectivity index (χ0v) is 7.97.